The highest BCUT2D eigenvalue weighted by atomic mass is 16.4. The Balaban J connectivity index is 1.54. The van der Waals surface area contributed by atoms with Gasteiger partial charge in [0, 0.05) is 37.1 Å². The second-order valence-electron chi connectivity index (χ2n) is 7.09. The average Bonchev–Trinajstić information content (AvgIpc) is 2.91. The maximum Gasteiger partial charge on any atom is 0.314 e. The number of nitrogens with one attached hydrogen (secondary N) is 2. The summed E-state index contributed by atoms with van der Waals surface area (Å²) in [6.45, 7) is 4.25. The Kier molecular flexibility index (Phi) is 5.31. The van der Waals surface area contributed by atoms with E-state index in [2.05, 4.69) is 30.6 Å². The lowest BCUT2D eigenvalue weighted by Crippen LogP contribution is -2.45. The van der Waals surface area contributed by atoms with Gasteiger partial charge in [0.05, 0.1) is 6.54 Å². The van der Waals surface area contributed by atoms with Gasteiger partial charge < -0.3 is 10.4 Å². The van der Waals surface area contributed by atoms with Crippen molar-refractivity contribution < 1.29 is 14.7 Å². The molecule has 1 saturated heterocycles. The lowest BCUT2D eigenvalue weighted by molar-refractivity contribution is -0.140. The minimum absolute atomic E-state index is 0.0824. The van der Waals surface area contributed by atoms with Crippen molar-refractivity contribution in [2.75, 3.05) is 31.5 Å². The molecule has 0 spiro atoms. The Morgan fingerprint density at radius 3 is 2.82 bits per heavy atom. The third kappa shape index (κ3) is 3.87. The molecule has 10 nitrogen and oxygen atoms in total. The molecular weight excluding hydrogens is 362 g/mol. The van der Waals surface area contributed by atoms with Gasteiger partial charge in [0.15, 0.2) is 0 Å². The predicted octanol–water partition coefficient (Wildman–Crippen LogP) is 0.161. The number of anilines is 1. The number of hydrogen-bond donors (Lipinski definition) is 3. The van der Waals surface area contributed by atoms with Crippen LogP contribution in [-0.4, -0.2) is 73.9 Å². The van der Waals surface area contributed by atoms with E-state index in [9.17, 15) is 14.7 Å². The summed E-state index contributed by atoms with van der Waals surface area (Å²) >= 11 is 0. The van der Waals surface area contributed by atoms with Crippen molar-refractivity contribution in [1.29, 1.82) is 0 Å². The number of hydrogen-bond acceptors (Lipinski definition) is 7. The molecule has 0 radical (unpaired) electrons. The highest BCUT2D eigenvalue weighted by Crippen LogP contribution is 2.30. The van der Waals surface area contributed by atoms with Gasteiger partial charge in [-0.1, -0.05) is 0 Å². The highest BCUT2D eigenvalue weighted by Gasteiger charge is 2.37. The molecule has 0 bridgehead atoms. The van der Waals surface area contributed by atoms with Crippen molar-refractivity contribution in [1.82, 2.24) is 30.0 Å². The van der Waals surface area contributed by atoms with E-state index in [-0.39, 0.29) is 17.9 Å². The lowest BCUT2D eigenvalue weighted by Gasteiger charge is -2.35. The van der Waals surface area contributed by atoms with Gasteiger partial charge >= 0.3 is 5.97 Å². The van der Waals surface area contributed by atoms with Gasteiger partial charge in [-0.25, -0.2) is 4.68 Å². The van der Waals surface area contributed by atoms with Crippen LogP contribution in [0, 0.1) is 0 Å². The van der Waals surface area contributed by atoms with E-state index in [1.54, 1.807) is 16.8 Å². The molecule has 0 aliphatic carbocycles. The van der Waals surface area contributed by atoms with Crippen LogP contribution in [0.25, 0.3) is 0 Å². The smallest absolute Gasteiger partial charge is 0.314 e. The number of pyridine rings is 1. The number of carbonyl (C=O) groups excluding carboxylic acids is 1. The fourth-order valence-electron chi connectivity index (χ4n) is 3.84. The van der Waals surface area contributed by atoms with Gasteiger partial charge in [-0.3, -0.25) is 24.8 Å². The van der Waals surface area contributed by atoms with Gasteiger partial charge in [-0.2, -0.15) is 4.98 Å². The van der Waals surface area contributed by atoms with Crippen molar-refractivity contribution in [3.63, 3.8) is 0 Å². The molecule has 2 aliphatic rings. The molecule has 2 atom stereocenters. The summed E-state index contributed by atoms with van der Waals surface area (Å²) in [5, 5.41) is 20.1. The van der Waals surface area contributed by atoms with Crippen LogP contribution >= 0.6 is 0 Å². The number of carboxylic acid groups (broad SMARTS) is 1. The summed E-state index contributed by atoms with van der Waals surface area (Å²) in [6.07, 6.45) is 4.58. The molecule has 10 heteroatoms. The van der Waals surface area contributed by atoms with E-state index in [0.717, 1.165) is 32.6 Å². The number of aromatic nitrogens is 4. The van der Waals surface area contributed by atoms with Crippen molar-refractivity contribution in [3.8, 4) is 0 Å². The predicted molar refractivity (Wildman–Crippen MR) is 100 cm³/mol. The number of aliphatic carboxylic acids is 1. The molecule has 0 aromatic carbocycles. The maximum absolute atomic E-state index is 12.3. The fourth-order valence-corrected chi connectivity index (χ4v) is 3.84. The largest absolute Gasteiger partial charge is 0.481 e. The molecule has 4 rings (SSSR count). The Labute approximate surface area is 162 Å². The van der Waals surface area contributed by atoms with E-state index in [1.165, 1.54) is 12.4 Å². The zero-order valence-electron chi connectivity index (χ0n) is 15.4. The molecule has 2 unspecified atom stereocenters. The topological polar surface area (TPSA) is 125 Å². The minimum Gasteiger partial charge on any atom is -0.481 e. The van der Waals surface area contributed by atoms with Crippen LogP contribution in [0.15, 0.2) is 24.5 Å². The third-order valence-corrected chi connectivity index (χ3v) is 5.26. The van der Waals surface area contributed by atoms with Gasteiger partial charge in [-0.15, -0.1) is 5.10 Å². The summed E-state index contributed by atoms with van der Waals surface area (Å²) in [6, 6.07) is 3.27. The molecular formula is C18H23N7O3. The van der Waals surface area contributed by atoms with Gasteiger partial charge in [0.1, 0.15) is 11.7 Å². The van der Waals surface area contributed by atoms with Gasteiger partial charge in [0.2, 0.25) is 5.95 Å². The molecule has 4 heterocycles. The number of carbonyl (C=O) groups is 2. The van der Waals surface area contributed by atoms with E-state index in [1.807, 2.05) is 0 Å². The zero-order chi connectivity index (χ0) is 19.5. The first kappa shape index (κ1) is 18.5. The number of amides is 1. The van der Waals surface area contributed by atoms with Crippen LogP contribution in [0.3, 0.4) is 0 Å². The van der Waals surface area contributed by atoms with E-state index in [0.29, 0.717) is 24.4 Å². The number of rotatable bonds is 4. The van der Waals surface area contributed by atoms with Crippen molar-refractivity contribution in [2.45, 2.75) is 31.3 Å². The van der Waals surface area contributed by atoms with E-state index >= 15 is 0 Å². The third-order valence-electron chi connectivity index (χ3n) is 5.26. The summed E-state index contributed by atoms with van der Waals surface area (Å²) in [7, 11) is 0. The molecule has 28 heavy (non-hydrogen) atoms. The van der Waals surface area contributed by atoms with Crippen LogP contribution in [0.4, 0.5) is 5.95 Å². The van der Waals surface area contributed by atoms with Crippen molar-refractivity contribution in [2.24, 2.45) is 0 Å². The summed E-state index contributed by atoms with van der Waals surface area (Å²) in [5.74, 6) is -1.50. The minimum atomic E-state index is -0.918. The van der Waals surface area contributed by atoms with E-state index in [4.69, 9.17) is 0 Å². The SMILES string of the molecule is O=C(Nc1nc2n(n1)CC(N1CCCNCC1)CC2C(=O)O)c1ccncc1. The van der Waals surface area contributed by atoms with Crippen molar-refractivity contribution >= 4 is 17.8 Å². The monoisotopic (exact) mass is 385 g/mol. The highest BCUT2D eigenvalue weighted by molar-refractivity contribution is 6.03. The lowest BCUT2D eigenvalue weighted by atomic mass is 9.94. The fraction of sp³-hybridized carbons (Fsp3) is 0.500. The molecule has 1 fully saturated rings. The van der Waals surface area contributed by atoms with Crippen LogP contribution in [-0.2, 0) is 11.3 Å². The Hall–Kier alpha value is -2.85. The van der Waals surface area contributed by atoms with Gasteiger partial charge in [-0.05, 0) is 38.1 Å². The van der Waals surface area contributed by atoms with E-state index < -0.39 is 11.9 Å². The Bertz CT molecular complexity index is 846. The molecule has 2 aromatic rings. The summed E-state index contributed by atoms with van der Waals surface area (Å²) < 4.78 is 1.63. The summed E-state index contributed by atoms with van der Waals surface area (Å²) in [5.41, 5.74) is 0.437. The first-order chi connectivity index (χ1) is 13.6. The molecule has 2 aromatic heterocycles. The number of fused-ring (bicyclic) bond motifs is 1. The first-order valence-electron chi connectivity index (χ1n) is 9.45. The average molecular weight is 385 g/mol. The normalized spacial score (nSPS) is 22.9. The second kappa shape index (κ2) is 8.03. The van der Waals surface area contributed by atoms with Crippen LogP contribution in [0.5, 0.6) is 0 Å². The van der Waals surface area contributed by atoms with Crippen LogP contribution < -0.4 is 10.6 Å². The number of carboxylic acids is 1. The Morgan fingerprint density at radius 2 is 2.04 bits per heavy atom. The van der Waals surface area contributed by atoms with Crippen molar-refractivity contribution in [3.05, 3.63) is 35.9 Å². The zero-order valence-corrected chi connectivity index (χ0v) is 15.4. The molecule has 148 valence electrons. The second-order valence-corrected chi connectivity index (χ2v) is 7.09. The molecule has 1 amide bonds. The first-order valence-corrected chi connectivity index (χ1v) is 9.45. The van der Waals surface area contributed by atoms with Crippen LogP contribution in [0.1, 0.15) is 34.9 Å². The molecule has 0 saturated carbocycles. The van der Waals surface area contributed by atoms with Crippen LogP contribution in [0.2, 0.25) is 0 Å². The number of nitrogens with zero attached hydrogens (tertiary/aromatic N) is 5. The Morgan fingerprint density at radius 1 is 1.21 bits per heavy atom. The van der Waals surface area contributed by atoms with Gasteiger partial charge in [0.25, 0.3) is 5.91 Å². The molecule has 3 N–H and O–H groups in total. The quantitative estimate of drug-likeness (QED) is 0.680. The standard InChI is InChI=1S/C18H23N7O3/c26-16(12-2-5-20-6-3-12)22-18-21-15-14(17(27)28)10-13(11-25(15)23-18)24-8-1-4-19-7-9-24/h2-3,5-6,13-14,19H,1,4,7-11H2,(H,27,28)(H,22,23,26). The molecule has 2 aliphatic heterocycles. The maximum atomic E-state index is 12.3. The summed E-state index contributed by atoms with van der Waals surface area (Å²) in [4.78, 5) is 34.7.